The number of primary sulfonamides is 1. The van der Waals surface area contributed by atoms with Crippen molar-refractivity contribution < 1.29 is 8.42 Å². The molecule has 6 nitrogen and oxygen atoms in total. The van der Waals surface area contributed by atoms with Crippen molar-refractivity contribution in [3.05, 3.63) is 54.2 Å². The Morgan fingerprint density at radius 2 is 1.85 bits per heavy atom. The molecule has 2 aromatic rings. The number of hydrogen-bond acceptors (Lipinski definition) is 5. The largest absolute Gasteiger partial charge is 0.368 e. The summed E-state index contributed by atoms with van der Waals surface area (Å²) >= 11 is 0. The van der Waals surface area contributed by atoms with E-state index < -0.39 is 10.0 Å². The van der Waals surface area contributed by atoms with Gasteiger partial charge >= 0.3 is 0 Å². The molecular formula is C13H16N4O2S. The van der Waals surface area contributed by atoms with E-state index in [1.807, 2.05) is 30.3 Å². The normalized spacial score (nSPS) is 12.9. The highest BCUT2D eigenvalue weighted by Gasteiger charge is 2.09. The zero-order chi connectivity index (χ0) is 14.6. The van der Waals surface area contributed by atoms with E-state index in [1.54, 1.807) is 6.07 Å². The van der Waals surface area contributed by atoms with Crippen molar-refractivity contribution in [1.29, 1.82) is 0 Å². The Hall–Kier alpha value is -1.96. The minimum absolute atomic E-state index is 0.0181. The molecule has 0 amide bonds. The predicted octanol–water partition coefficient (Wildman–Crippen LogP) is 0.841. The third kappa shape index (κ3) is 3.77. The maximum absolute atomic E-state index is 11.1. The fourth-order valence-electron chi connectivity index (χ4n) is 1.69. The Kier molecular flexibility index (Phi) is 4.33. The second kappa shape index (κ2) is 6.00. The summed E-state index contributed by atoms with van der Waals surface area (Å²) in [4.78, 5) is 3.97. The number of pyridine rings is 1. The minimum Gasteiger partial charge on any atom is -0.368 e. The molecule has 0 saturated heterocycles. The number of hydrogen-bond donors (Lipinski definition) is 3. The summed E-state index contributed by atoms with van der Waals surface area (Å²) in [6.45, 7) is 0.492. The summed E-state index contributed by atoms with van der Waals surface area (Å²) in [5.41, 5.74) is 7.05. The lowest BCUT2D eigenvalue weighted by atomic mass is 10.1. The smallest absolute Gasteiger partial charge is 0.239 e. The first-order valence-corrected chi connectivity index (χ1v) is 7.55. The van der Waals surface area contributed by atoms with Crippen molar-refractivity contribution in [1.82, 2.24) is 4.98 Å². The van der Waals surface area contributed by atoms with Gasteiger partial charge in [0.15, 0.2) is 0 Å². The van der Waals surface area contributed by atoms with Gasteiger partial charge in [-0.1, -0.05) is 30.3 Å². The average Bonchev–Trinajstić information content (AvgIpc) is 2.45. The Bertz CT molecular complexity index is 657. The molecule has 1 unspecified atom stereocenters. The molecular weight excluding hydrogens is 276 g/mol. The SMILES string of the molecule is NC(CNc1ccc(S(N)(=O)=O)cn1)c1ccccc1. The zero-order valence-corrected chi connectivity index (χ0v) is 11.5. The van der Waals surface area contributed by atoms with E-state index in [4.69, 9.17) is 10.9 Å². The van der Waals surface area contributed by atoms with Gasteiger partial charge in [-0.2, -0.15) is 0 Å². The van der Waals surface area contributed by atoms with Gasteiger partial charge in [-0.05, 0) is 17.7 Å². The van der Waals surface area contributed by atoms with Crippen LogP contribution in [0.1, 0.15) is 11.6 Å². The van der Waals surface area contributed by atoms with Gasteiger partial charge in [0.2, 0.25) is 10.0 Å². The lowest BCUT2D eigenvalue weighted by Crippen LogP contribution is -2.21. The third-order valence-electron chi connectivity index (χ3n) is 2.80. The summed E-state index contributed by atoms with van der Waals surface area (Å²) in [6, 6.07) is 12.5. The molecule has 5 N–H and O–H groups in total. The molecule has 0 bridgehead atoms. The van der Waals surface area contributed by atoms with Crippen molar-refractivity contribution in [3.8, 4) is 0 Å². The first-order valence-electron chi connectivity index (χ1n) is 6.00. The average molecular weight is 292 g/mol. The molecule has 0 saturated carbocycles. The monoisotopic (exact) mass is 292 g/mol. The quantitative estimate of drug-likeness (QED) is 0.756. The number of benzene rings is 1. The van der Waals surface area contributed by atoms with Crippen LogP contribution in [-0.2, 0) is 10.0 Å². The Morgan fingerprint density at radius 1 is 1.15 bits per heavy atom. The molecule has 1 heterocycles. The van der Waals surface area contributed by atoms with Crippen LogP contribution in [0.3, 0.4) is 0 Å². The summed E-state index contributed by atoms with van der Waals surface area (Å²) in [6.07, 6.45) is 1.21. The molecule has 1 atom stereocenters. The lowest BCUT2D eigenvalue weighted by Gasteiger charge is -2.13. The second-order valence-corrected chi connectivity index (χ2v) is 5.88. The fourth-order valence-corrected chi connectivity index (χ4v) is 2.14. The predicted molar refractivity (Wildman–Crippen MR) is 77.5 cm³/mol. The highest BCUT2D eigenvalue weighted by molar-refractivity contribution is 7.89. The van der Waals surface area contributed by atoms with Crippen LogP contribution in [0.5, 0.6) is 0 Å². The molecule has 1 aromatic heterocycles. The molecule has 106 valence electrons. The van der Waals surface area contributed by atoms with Gasteiger partial charge in [0, 0.05) is 18.8 Å². The van der Waals surface area contributed by atoms with E-state index >= 15 is 0 Å². The highest BCUT2D eigenvalue weighted by Crippen LogP contribution is 2.12. The molecule has 20 heavy (non-hydrogen) atoms. The van der Waals surface area contributed by atoms with E-state index in [9.17, 15) is 8.42 Å². The van der Waals surface area contributed by atoms with Crippen LogP contribution >= 0.6 is 0 Å². The summed E-state index contributed by atoms with van der Waals surface area (Å²) in [7, 11) is -3.71. The van der Waals surface area contributed by atoms with Crippen molar-refractivity contribution in [2.24, 2.45) is 10.9 Å². The molecule has 7 heteroatoms. The molecule has 0 fully saturated rings. The lowest BCUT2D eigenvalue weighted by molar-refractivity contribution is 0.597. The van der Waals surface area contributed by atoms with Crippen molar-refractivity contribution in [3.63, 3.8) is 0 Å². The minimum atomic E-state index is -3.71. The standard InChI is InChI=1S/C13H16N4O2S/c14-12(10-4-2-1-3-5-10)9-17-13-7-6-11(8-16-13)20(15,18)19/h1-8,12H,9,14H2,(H,16,17)(H2,15,18,19). The van der Waals surface area contributed by atoms with Gasteiger partial charge in [0.1, 0.15) is 10.7 Å². The van der Waals surface area contributed by atoms with Gasteiger partial charge in [0.25, 0.3) is 0 Å². The van der Waals surface area contributed by atoms with Crippen LogP contribution in [0.2, 0.25) is 0 Å². The third-order valence-corrected chi connectivity index (χ3v) is 3.69. The number of anilines is 1. The van der Waals surface area contributed by atoms with Crippen LogP contribution in [-0.4, -0.2) is 19.9 Å². The number of sulfonamides is 1. The number of rotatable bonds is 5. The zero-order valence-electron chi connectivity index (χ0n) is 10.7. The molecule has 1 aromatic carbocycles. The molecule has 0 spiro atoms. The maximum atomic E-state index is 11.1. The van der Waals surface area contributed by atoms with Gasteiger partial charge in [0.05, 0.1) is 0 Å². The molecule has 0 aliphatic rings. The summed E-state index contributed by atoms with van der Waals surface area (Å²) in [5.74, 6) is 0.545. The fraction of sp³-hybridized carbons (Fsp3) is 0.154. The number of nitrogens with one attached hydrogen (secondary N) is 1. The van der Waals surface area contributed by atoms with Crippen molar-refractivity contribution in [2.75, 3.05) is 11.9 Å². The second-order valence-electron chi connectivity index (χ2n) is 4.32. The van der Waals surface area contributed by atoms with Crippen LogP contribution in [0.4, 0.5) is 5.82 Å². The van der Waals surface area contributed by atoms with Crippen LogP contribution in [0.15, 0.2) is 53.6 Å². The molecule has 2 rings (SSSR count). The van der Waals surface area contributed by atoms with Gasteiger partial charge in [-0.15, -0.1) is 0 Å². The van der Waals surface area contributed by atoms with Gasteiger partial charge in [-0.25, -0.2) is 18.5 Å². The number of aromatic nitrogens is 1. The molecule has 0 aliphatic carbocycles. The van der Waals surface area contributed by atoms with E-state index in [-0.39, 0.29) is 10.9 Å². The Morgan fingerprint density at radius 3 is 2.40 bits per heavy atom. The molecule has 0 radical (unpaired) electrons. The molecule has 0 aliphatic heterocycles. The first-order chi connectivity index (χ1) is 9.47. The van der Waals surface area contributed by atoms with Crippen LogP contribution in [0, 0.1) is 0 Å². The van der Waals surface area contributed by atoms with Crippen LogP contribution in [0.25, 0.3) is 0 Å². The number of nitrogens with zero attached hydrogens (tertiary/aromatic N) is 1. The number of nitrogens with two attached hydrogens (primary N) is 2. The first kappa shape index (κ1) is 14.4. The van der Waals surface area contributed by atoms with E-state index in [0.717, 1.165) is 5.56 Å². The van der Waals surface area contributed by atoms with Gasteiger partial charge < -0.3 is 11.1 Å². The van der Waals surface area contributed by atoms with E-state index in [2.05, 4.69) is 10.3 Å². The Balaban J connectivity index is 1.98. The van der Waals surface area contributed by atoms with E-state index in [1.165, 1.54) is 12.3 Å². The van der Waals surface area contributed by atoms with Gasteiger partial charge in [-0.3, -0.25) is 0 Å². The topological polar surface area (TPSA) is 111 Å². The summed E-state index contributed by atoms with van der Waals surface area (Å²) < 4.78 is 22.2. The van der Waals surface area contributed by atoms with Crippen molar-refractivity contribution >= 4 is 15.8 Å². The Labute approximate surface area is 117 Å². The maximum Gasteiger partial charge on any atom is 0.239 e. The van der Waals surface area contributed by atoms with Crippen molar-refractivity contribution in [2.45, 2.75) is 10.9 Å². The van der Waals surface area contributed by atoms with E-state index in [0.29, 0.717) is 12.4 Å². The highest BCUT2D eigenvalue weighted by atomic mass is 32.2. The van der Waals surface area contributed by atoms with Crippen LogP contribution < -0.4 is 16.2 Å². The summed E-state index contributed by atoms with van der Waals surface area (Å²) in [5, 5.41) is 8.05.